The lowest BCUT2D eigenvalue weighted by Gasteiger charge is -2.22. The third kappa shape index (κ3) is 3.13. The molecule has 1 heterocycles. The molecule has 3 rings (SSSR count). The van der Waals surface area contributed by atoms with E-state index in [1.807, 2.05) is 12.1 Å². The third-order valence-corrected chi connectivity index (χ3v) is 3.98. The number of aliphatic hydroxyl groups is 1. The highest BCUT2D eigenvalue weighted by molar-refractivity contribution is 5.94. The summed E-state index contributed by atoms with van der Waals surface area (Å²) in [6.07, 6.45) is 6.58. The Balaban J connectivity index is 1.62. The van der Waals surface area contributed by atoms with E-state index in [2.05, 4.69) is 10.3 Å². The van der Waals surface area contributed by atoms with Gasteiger partial charge < -0.3 is 14.8 Å². The molecule has 0 atom stereocenters. The van der Waals surface area contributed by atoms with Crippen LogP contribution in [0.2, 0.25) is 0 Å². The zero-order valence-corrected chi connectivity index (χ0v) is 11.7. The Kier molecular flexibility index (Phi) is 3.75. The molecule has 2 N–H and O–H groups in total. The van der Waals surface area contributed by atoms with Gasteiger partial charge in [-0.3, -0.25) is 4.79 Å². The minimum Gasteiger partial charge on any atom is -0.444 e. The molecular formula is C16H18N2O3. The quantitative estimate of drug-likeness (QED) is 0.904. The summed E-state index contributed by atoms with van der Waals surface area (Å²) >= 11 is 0. The zero-order valence-electron chi connectivity index (χ0n) is 11.7. The summed E-state index contributed by atoms with van der Waals surface area (Å²) in [7, 11) is 0. The van der Waals surface area contributed by atoms with Crippen LogP contribution in [-0.2, 0) is 0 Å². The van der Waals surface area contributed by atoms with Crippen molar-refractivity contribution in [1.82, 2.24) is 10.3 Å². The first-order chi connectivity index (χ1) is 10.2. The van der Waals surface area contributed by atoms with Crippen LogP contribution in [0.1, 0.15) is 36.0 Å². The van der Waals surface area contributed by atoms with Gasteiger partial charge in [-0.2, -0.15) is 0 Å². The maximum absolute atomic E-state index is 12.1. The SMILES string of the molecule is O=C(NCC1(O)CCCC1)c1ccc(-c2cnco2)cc1. The molecule has 0 saturated heterocycles. The second-order valence-electron chi connectivity index (χ2n) is 5.56. The standard InChI is InChI=1S/C16H18N2O3/c19-15(18-10-16(20)7-1-2-8-16)13-5-3-12(4-6-13)14-9-17-11-21-14/h3-6,9,11,20H,1-2,7-8,10H2,(H,18,19). The van der Waals surface area contributed by atoms with E-state index in [9.17, 15) is 9.90 Å². The molecule has 0 spiro atoms. The van der Waals surface area contributed by atoms with E-state index in [0.717, 1.165) is 31.2 Å². The van der Waals surface area contributed by atoms with Gasteiger partial charge in [0.25, 0.3) is 5.91 Å². The second-order valence-corrected chi connectivity index (χ2v) is 5.56. The fraction of sp³-hybridized carbons (Fsp3) is 0.375. The highest BCUT2D eigenvalue weighted by Crippen LogP contribution is 2.28. The summed E-state index contributed by atoms with van der Waals surface area (Å²) in [4.78, 5) is 15.9. The Hall–Kier alpha value is -2.14. The van der Waals surface area contributed by atoms with Crippen molar-refractivity contribution in [3.8, 4) is 11.3 Å². The summed E-state index contributed by atoms with van der Waals surface area (Å²) in [5, 5.41) is 13.0. The third-order valence-electron chi connectivity index (χ3n) is 3.98. The van der Waals surface area contributed by atoms with Crippen molar-refractivity contribution in [2.45, 2.75) is 31.3 Å². The molecule has 1 fully saturated rings. The maximum atomic E-state index is 12.1. The Morgan fingerprint density at radius 3 is 2.62 bits per heavy atom. The average Bonchev–Trinajstić information content (AvgIpc) is 3.17. The van der Waals surface area contributed by atoms with Crippen LogP contribution in [0.25, 0.3) is 11.3 Å². The number of aromatic nitrogens is 1. The van der Waals surface area contributed by atoms with Gasteiger partial charge in [0, 0.05) is 17.7 Å². The molecule has 21 heavy (non-hydrogen) atoms. The van der Waals surface area contributed by atoms with E-state index in [1.165, 1.54) is 6.39 Å². The van der Waals surface area contributed by atoms with Gasteiger partial charge in [0.05, 0.1) is 11.8 Å². The van der Waals surface area contributed by atoms with Crippen LogP contribution < -0.4 is 5.32 Å². The summed E-state index contributed by atoms with van der Waals surface area (Å²) in [5.74, 6) is 0.502. The van der Waals surface area contributed by atoms with Crippen LogP contribution in [0, 0.1) is 0 Å². The molecule has 0 aliphatic heterocycles. The summed E-state index contributed by atoms with van der Waals surface area (Å²) in [5.41, 5.74) is 0.716. The lowest BCUT2D eigenvalue weighted by Crippen LogP contribution is -2.40. The van der Waals surface area contributed by atoms with Crippen LogP contribution >= 0.6 is 0 Å². The predicted octanol–water partition coefficient (Wildman–Crippen LogP) is 2.38. The first-order valence-electron chi connectivity index (χ1n) is 7.16. The molecule has 0 bridgehead atoms. The highest BCUT2D eigenvalue weighted by Gasteiger charge is 2.31. The Morgan fingerprint density at radius 2 is 2.00 bits per heavy atom. The number of carbonyl (C=O) groups is 1. The van der Waals surface area contributed by atoms with Gasteiger partial charge in [0.15, 0.2) is 12.2 Å². The number of rotatable bonds is 4. The van der Waals surface area contributed by atoms with E-state index >= 15 is 0 Å². The van der Waals surface area contributed by atoms with Crippen molar-refractivity contribution in [3.63, 3.8) is 0 Å². The van der Waals surface area contributed by atoms with Gasteiger partial charge >= 0.3 is 0 Å². The molecule has 1 saturated carbocycles. The number of hydrogen-bond donors (Lipinski definition) is 2. The zero-order chi connectivity index (χ0) is 14.7. The molecule has 2 aromatic rings. The maximum Gasteiger partial charge on any atom is 0.251 e. The minimum atomic E-state index is -0.727. The van der Waals surface area contributed by atoms with Gasteiger partial charge in [-0.1, -0.05) is 25.0 Å². The summed E-state index contributed by atoms with van der Waals surface area (Å²) in [6, 6.07) is 7.12. The minimum absolute atomic E-state index is 0.167. The van der Waals surface area contributed by atoms with Crippen LogP contribution in [0.15, 0.2) is 41.3 Å². The number of carbonyl (C=O) groups excluding carboxylic acids is 1. The summed E-state index contributed by atoms with van der Waals surface area (Å²) < 4.78 is 5.20. The molecule has 110 valence electrons. The number of amides is 1. The number of nitrogens with zero attached hydrogens (tertiary/aromatic N) is 1. The number of hydrogen-bond acceptors (Lipinski definition) is 4. The van der Waals surface area contributed by atoms with Crippen molar-refractivity contribution < 1.29 is 14.3 Å². The largest absolute Gasteiger partial charge is 0.444 e. The van der Waals surface area contributed by atoms with Crippen LogP contribution in [0.3, 0.4) is 0 Å². The molecule has 1 amide bonds. The Bertz CT molecular complexity index is 599. The van der Waals surface area contributed by atoms with Crippen LogP contribution in [0.4, 0.5) is 0 Å². The molecular weight excluding hydrogens is 268 g/mol. The van der Waals surface area contributed by atoms with Crippen molar-refractivity contribution in [2.75, 3.05) is 6.54 Å². The molecule has 1 aliphatic carbocycles. The van der Waals surface area contributed by atoms with Gasteiger partial charge in [0.2, 0.25) is 0 Å². The monoisotopic (exact) mass is 286 g/mol. The molecule has 0 unspecified atom stereocenters. The molecule has 5 nitrogen and oxygen atoms in total. The van der Waals surface area contributed by atoms with Crippen LogP contribution in [-0.4, -0.2) is 28.1 Å². The molecule has 5 heteroatoms. The molecule has 1 aromatic carbocycles. The molecule has 1 aromatic heterocycles. The Morgan fingerprint density at radius 1 is 1.29 bits per heavy atom. The first-order valence-corrected chi connectivity index (χ1v) is 7.16. The van der Waals surface area contributed by atoms with E-state index < -0.39 is 5.60 Å². The normalized spacial score (nSPS) is 16.8. The highest BCUT2D eigenvalue weighted by atomic mass is 16.3. The smallest absolute Gasteiger partial charge is 0.251 e. The van der Waals surface area contributed by atoms with Gasteiger partial charge in [-0.25, -0.2) is 4.98 Å². The van der Waals surface area contributed by atoms with E-state index in [-0.39, 0.29) is 5.91 Å². The van der Waals surface area contributed by atoms with Crippen molar-refractivity contribution in [2.24, 2.45) is 0 Å². The van der Waals surface area contributed by atoms with Crippen molar-refractivity contribution in [1.29, 1.82) is 0 Å². The first kappa shape index (κ1) is 13.8. The Labute approximate surface area is 123 Å². The predicted molar refractivity (Wildman–Crippen MR) is 77.7 cm³/mol. The second kappa shape index (κ2) is 5.69. The van der Waals surface area contributed by atoms with Gasteiger partial charge in [0.1, 0.15) is 0 Å². The fourth-order valence-corrected chi connectivity index (χ4v) is 2.70. The number of nitrogens with one attached hydrogen (secondary N) is 1. The number of oxazole rings is 1. The lowest BCUT2D eigenvalue weighted by molar-refractivity contribution is 0.0449. The van der Waals surface area contributed by atoms with E-state index in [4.69, 9.17) is 4.42 Å². The average molecular weight is 286 g/mol. The summed E-state index contributed by atoms with van der Waals surface area (Å²) in [6.45, 7) is 0.315. The topological polar surface area (TPSA) is 75.4 Å². The molecule has 0 radical (unpaired) electrons. The van der Waals surface area contributed by atoms with Crippen molar-refractivity contribution in [3.05, 3.63) is 42.4 Å². The molecule has 1 aliphatic rings. The van der Waals surface area contributed by atoms with Gasteiger partial charge in [-0.15, -0.1) is 0 Å². The van der Waals surface area contributed by atoms with E-state index in [0.29, 0.717) is 17.9 Å². The van der Waals surface area contributed by atoms with E-state index in [1.54, 1.807) is 18.3 Å². The van der Waals surface area contributed by atoms with Crippen LogP contribution in [0.5, 0.6) is 0 Å². The lowest BCUT2D eigenvalue weighted by atomic mass is 10.0. The number of benzene rings is 1. The van der Waals surface area contributed by atoms with Crippen molar-refractivity contribution >= 4 is 5.91 Å². The fourth-order valence-electron chi connectivity index (χ4n) is 2.70. The van der Waals surface area contributed by atoms with Gasteiger partial charge in [-0.05, 0) is 25.0 Å².